The fourth-order valence-electron chi connectivity index (χ4n) is 1.79. The summed E-state index contributed by atoms with van der Waals surface area (Å²) in [5.74, 6) is 0.0891. The summed E-state index contributed by atoms with van der Waals surface area (Å²) in [6.45, 7) is 1.77. The second-order valence-corrected chi connectivity index (χ2v) is 4.30. The molecule has 0 aliphatic heterocycles. The van der Waals surface area contributed by atoms with Crippen LogP contribution in [0.15, 0.2) is 29.4 Å². The first-order valence-electron chi connectivity index (χ1n) is 6.24. The molecule has 0 radical (unpaired) electrons. The normalized spacial score (nSPS) is 11.8. The minimum Gasteiger partial charge on any atom is -0.334 e. The lowest BCUT2D eigenvalue weighted by Gasteiger charge is -2.03. The number of nitrogens with zero attached hydrogens (tertiary/aromatic N) is 6. The fourth-order valence-corrected chi connectivity index (χ4v) is 1.79. The van der Waals surface area contributed by atoms with Gasteiger partial charge in [-0.25, -0.2) is 14.6 Å². The maximum atomic E-state index is 13.2. The molecule has 3 aromatic rings. The lowest BCUT2D eigenvalue weighted by molar-refractivity contribution is -0.140. The Labute approximate surface area is 121 Å². The largest absolute Gasteiger partial charge is 0.435 e. The quantitative estimate of drug-likeness (QED) is 0.738. The van der Waals surface area contributed by atoms with Gasteiger partial charge in [0.25, 0.3) is 5.89 Å². The molecule has 114 valence electrons. The number of aromatic nitrogens is 6. The van der Waals surface area contributed by atoms with Crippen LogP contribution in [0.5, 0.6) is 0 Å². The summed E-state index contributed by atoms with van der Waals surface area (Å²) >= 11 is 0. The van der Waals surface area contributed by atoms with E-state index in [0.29, 0.717) is 12.2 Å². The average molecular weight is 310 g/mol. The highest BCUT2D eigenvalue weighted by molar-refractivity contribution is 5.57. The number of alkyl halides is 3. The highest BCUT2D eigenvalue weighted by Gasteiger charge is 2.39. The number of hydrogen-bond acceptors (Lipinski definition) is 6. The molecule has 7 nitrogen and oxygen atoms in total. The zero-order valence-electron chi connectivity index (χ0n) is 11.2. The van der Waals surface area contributed by atoms with E-state index in [1.165, 1.54) is 18.7 Å². The summed E-state index contributed by atoms with van der Waals surface area (Å²) < 4.78 is 45.4. The summed E-state index contributed by atoms with van der Waals surface area (Å²) in [6, 6.07) is 0. The van der Waals surface area contributed by atoms with E-state index >= 15 is 0 Å². The van der Waals surface area contributed by atoms with Crippen LogP contribution in [-0.2, 0) is 12.6 Å². The molecule has 3 rings (SSSR count). The van der Waals surface area contributed by atoms with Crippen LogP contribution >= 0.6 is 0 Å². The molecule has 0 aliphatic carbocycles. The zero-order valence-corrected chi connectivity index (χ0v) is 11.2. The van der Waals surface area contributed by atoms with Crippen LogP contribution in [0, 0.1) is 0 Å². The molecule has 0 fully saturated rings. The van der Waals surface area contributed by atoms with Gasteiger partial charge in [-0.05, 0) is 0 Å². The molecule has 0 saturated carbocycles. The Balaban J connectivity index is 2.14. The van der Waals surface area contributed by atoms with Crippen molar-refractivity contribution in [2.75, 3.05) is 0 Å². The van der Waals surface area contributed by atoms with Crippen molar-refractivity contribution in [2.45, 2.75) is 19.5 Å². The second-order valence-electron chi connectivity index (χ2n) is 4.30. The monoisotopic (exact) mass is 310 g/mol. The molecule has 0 unspecified atom stereocenters. The minimum absolute atomic E-state index is 0.229. The maximum absolute atomic E-state index is 13.2. The van der Waals surface area contributed by atoms with Crippen molar-refractivity contribution in [1.82, 2.24) is 29.9 Å². The predicted molar refractivity (Wildman–Crippen MR) is 66.8 cm³/mol. The van der Waals surface area contributed by atoms with E-state index in [-0.39, 0.29) is 17.1 Å². The van der Waals surface area contributed by atoms with Crippen LogP contribution in [0.4, 0.5) is 13.2 Å². The molecule has 0 aromatic carbocycles. The van der Waals surface area contributed by atoms with Gasteiger partial charge in [-0.15, -0.1) is 0 Å². The summed E-state index contributed by atoms with van der Waals surface area (Å²) in [5.41, 5.74) is -1.11. The first kappa shape index (κ1) is 14.2. The van der Waals surface area contributed by atoms with Gasteiger partial charge in [-0.3, -0.25) is 0 Å². The lowest BCUT2D eigenvalue weighted by Crippen LogP contribution is -2.08. The molecule has 3 aromatic heterocycles. The standard InChI is InChI=1S/C12H9F3N6O/c1-2-9-18-11(22-20-9)8-5-21(7-3-16-6-17-4-7)19-10(8)12(13,14)15/h3-6H,2H2,1H3. The van der Waals surface area contributed by atoms with Crippen molar-refractivity contribution in [3.63, 3.8) is 0 Å². The van der Waals surface area contributed by atoms with Gasteiger partial charge in [0.1, 0.15) is 12.0 Å². The van der Waals surface area contributed by atoms with Crippen molar-refractivity contribution in [1.29, 1.82) is 0 Å². The van der Waals surface area contributed by atoms with Crippen molar-refractivity contribution in [3.05, 3.63) is 36.4 Å². The number of rotatable bonds is 3. The van der Waals surface area contributed by atoms with Gasteiger partial charge in [0.2, 0.25) is 0 Å². The van der Waals surface area contributed by atoms with E-state index in [0.717, 1.165) is 10.9 Å². The van der Waals surface area contributed by atoms with E-state index in [2.05, 4.69) is 25.2 Å². The van der Waals surface area contributed by atoms with Crippen LogP contribution < -0.4 is 0 Å². The zero-order chi connectivity index (χ0) is 15.7. The summed E-state index contributed by atoms with van der Waals surface area (Å²) in [7, 11) is 0. The van der Waals surface area contributed by atoms with Gasteiger partial charge in [-0.1, -0.05) is 12.1 Å². The first-order chi connectivity index (χ1) is 10.5. The van der Waals surface area contributed by atoms with Gasteiger partial charge in [-0.2, -0.15) is 23.3 Å². The van der Waals surface area contributed by atoms with Crippen LogP contribution in [-0.4, -0.2) is 29.9 Å². The van der Waals surface area contributed by atoms with Crippen LogP contribution in [0.1, 0.15) is 18.4 Å². The van der Waals surface area contributed by atoms with E-state index in [9.17, 15) is 13.2 Å². The molecule has 0 aliphatic rings. The Morgan fingerprint density at radius 2 is 1.95 bits per heavy atom. The van der Waals surface area contributed by atoms with E-state index in [1.54, 1.807) is 6.92 Å². The SMILES string of the molecule is CCc1noc(-c2cn(-c3cncnc3)nc2C(F)(F)F)n1. The summed E-state index contributed by atoms with van der Waals surface area (Å²) in [4.78, 5) is 11.4. The third-order valence-electron chi connectivity index (χ3n) is 2.81. The summed E-state index contributed by atoms with van der Waals surface area (Å²) in [6.07, 6.45) is 0.908. The molecule has 0 saturated heterocycles. The summed E-state index contributed by atoms with van der Waals surface area (Å²) in [5, 5.41) is 7.15. The molecule has 10 heteroatoms. The Bertz CT molecular complexity index is 780. The third-order valence-corrected chi connectivity index (χ3v) is 2.81. The molecule has 22 heavy (non-hydrogen) atoms. The predicted octanol–water partition coefficient (Wildman–Crippen LogP) is 2.29. The average Bonchev–Trinajstić information content (AvgIpc) is 3.14. The van der Waals surface area contributed by atoms with Gasteiger partial charge >= 0.3 is 6.18 Å². The van der Waals surface area contributed by atoms with Crippen molar-refractivity contribution in [3.8, 4) is 17.1 Å². The first-order valence-corrected chi connectivity index (χ1v) is 6.24. The topological polar surface area (TPSA) is 82.5 Å². The van der Waals surface area contributed by atoms with Crippen LogP contribution in [0.2, 0.25) is 0 Å². The Hall–Kier alpha value is -2.78. The Morgan fingerprint density at radius 1 is 1.23 bits per heavy atom. The van der Waals surface area contributed by atoms with E-state index in [1.807, 2.05) is 0 Å². The number of hydrogen-bond donors (Lipinski definition) is 0. The molecule has 0 N–H and O–H groups in total. The second kappa shape index (κ2) is 5.20. The van der Waals surface area contributed by atoms with Gasteiger partial charge in [0.05, 0.1) is 18.0 Å². The maximum Gasteiger partial charge on any atom is 0.435 e. The fraction of sp³-hybridized carbons (Fsp3) is 0.250. The molecule has 0 spiro atoms. The van der Waals surface area contributed by atoms with E-state index < -0.39 is 11.9 Å². The van der Waals surface area contributed by atoms with Crippen molar-refractivity contribution in [2.24, 2.45) is 0 Å². The highest BCUT2D eigenvalue weighted by atomic mass is 19.4. The Morgan fingerprint density at radius 3 is 2.55 bits per heavy atom. The Kier molecular flexibility index (Phi) is 3.35. The van der Waals surface area contributed by atoms with E-state index in [4.69, 9.17) is 4.52 Å². The lowest BCUT2D eigenvalue weighted by atomic mass is 10.2. The van der Waals surface area contributed by atoms with Gasteiger partial charge < -0.3 is 4.52 Å². The van der Waals surface area contributed by atoms with Gasteiger partial charge in [0.15, 0.2) is 11.5 Å². The molecular weight excluding hydrogens is 301 g/mol. The van der Waals surface area contributed by atoms with Crippen LogP contribution in [0.25, 0.3) is 17.1 Å². The number of halogens is 3. The van der Waals surface area contributed by atoms with Crippen molar-refractivity contribution >= 4 is 0 Å². The molecule has 0 atom stereocenters. The highest BCUT2D eigenvalue weighted by Crippen LogP contribution is 2.35. The minimum atomic E-state index is -4.66. The molecule has 0 amide bonds. The molecule has 3 heterocycles. The third kappa shape index (κ3) is 2.54. The molecular formula is C12H9F3N6O. The van der Waals surface area contributed by atoms with Gasteiger partial charge in [0, 0.05) is 12.6 Å². The van der Waals surface area contributed by atoms with Crippen molar-refractivity contribution < 1.29 is 17.7 Å². The smallest absolute Gasteiger partial charge is 0.334 e. The molecule has 0 bridgehead atoms. The number of aryl methyl sites for hydroxylation is 1. The van der Waals surface area contributed by atoms with Crippen LogP contribution in [0.3, 0.4) is 0 Å².